The number of benzene rings is 1. The van der Waals surface area contributed by atoms with E-state index in [0.717, 1.165) is 5.56 Å². The molecule has 16 heavy (non-hydrogen) atoms. The van der Waals surface area contributed by atoms with Gasteiger partial charge in [0.25, 0.3) is 0 Å². The molecule has 0 aromatic heterocycles. The Morgan fingerprint density at radius 2 is 1.81 bits per heavy atom. The van der Waals surface area contributed by atoms with E-state index in [9.17, 15) is 13.2 Å². The van der Waals surface area contributed by atoms with Crippen LogP contribution in [0.2, 0.25) is 0 Å². The average Bonchev–Trinajstić information content (AvgIpc) is 2.14. The molecule has 1 fully saturated rings. The van der Waals surface area contributed by atoms with Crippen LogP contribution in [0.5, 0.6) is 0 Å². The van der Waals surface area contributed by atoms with E-state index < -0.39 is 15.9 Å². The van der Waals surface area contributed by atoms with Gasteiger partial charge in [-0.15, -0.1) is 0 Å². The highest BCUT2D eigenvalue weighted by Crippen LogP contribution is 2.29. The molecule has 1 aromatic carbocycles. The van der Waals surface area contributed by atoms with Gasteiger partial charge >= 0.3 is 6.09 Å². The molecule has 0 radical (unpaired) electrons. The number of hydrogen-bond acceptors (Lipinski definition) is 3. The van der Waals surface area contributed by atoms with Crippen molar-refractivity contribution in [1.82, 2.24) is 0 Å². The fourth-order valence-corrected chi connectivity index (χ4v) is 3.23. The van der Waals surface area contributed by atoms with Gasteiger partial charge in [-0.2, -0.15) is 0 Å². The predicted molar refractivity (Wildman–Crippen MR) is 59.5 cm³/mol. The summed E-state index contributed by atoms with van der Waals surface area (Å²) >= 11 is 0. The highest BCUT2D eigenvalue weighted by atomic mass is 32.2. The molecule has 0 bridgehead atoms. The third kappa shape index (κ3) is 2.33. The Morgan fingerprint density at radius 1 is 1.25 bits per heavy atom. The lowest BCUT2D eigenvalue weighted by Gasteiger charge is -2.26. The summed E-state index contributed by atoms with van der Waals surface area (Å²) in [6.07, 6.45) is -1.11. The first-order valence-corrected chi connectivity index (χ1v) is 6.59. The van der Waals surface area contributed by atoms with Crippen molar-refractivity contribution in [3.63, 3.8) is 0 Å². The van der Waals surface area contributed by atoms with Gasteiger partial charge in [0.2, 0.25) is 0 Å². The summed E-state index contributed by atoms with van der Waals surface area (Å²) < 4.78 is 22.0. The fraction of sp³-hybridized carbons (Fsp3) is 0.300. The highest BCUT2D eigenvalue weighted by molar-refractivity contribution is 7.92. The van der Waals surface area contributed by atoms with Gasteiger partial charge in [0.1, 0.15) is 0 Å². The standard InChI is InChI=1S/C10H11NO4S/c12-10(13)11-9-3-1-7(2-4-9)8-5-16(14,15)6-8/h1-4,8,11H,5-6H2,(H,12,13). The van der Waals surface area contributed by atoms with E-state index in [0.29, 0.717) is 5.69 Å². The lowest BCUT2D eigenvalue weighted by molar-refractivity contribution is 0.209. The lowest BCUT2D eigenvalue weighted by atomic mass is 10.0. The second-order valence-corrected chi connectivity index (χ2v) is 5.98. The molecule has 1 aliphatic heterocycles. The van der Waals surface area contributed by atoms with Gasteiger partial charge in [-0.25, -0.2) is 13.2 Å². The average molecular weight is 241 g/mol. The minimum atomic E-state index is -2.82. The molecule has 86 valence electrons. The van der Waals surface area contributed by atoms with Crippen LogP contribution in [0.4, 0.5) is 10.5 Å². The Balaban J connectivity index is 2.06. The first kappa shape index (κ1) is 10.9. The van der Waals surface area contributed by atoms with E-state index in [2.05, 4.69) is 5.32 Å². The Morgan fingerprint density at radius 3 is 2.25 bits per heavy atom. The smallest absolute Gasteiger partial charge is 0.409 e. The second kappa shape index (κ2) is 3.79. The number of amides is 1. The molecular weight excluding hydrogens is 230 g/mol. The number of nitrogens with one attached hydrogen (secondary N) is 1. The summed E-state index contributed by atoms with van der Waals surface area (Å²) in [6.45, 7) is 0. The van der Waals surface area contributed by atoms with Crippen LogP contribution in [0.1, 0.15) is 11.5 Å². The third-order valence-corrected chi connectivity index (χ3v) is 4.36. The molecule has 1 amide bonds. The quantitative estimate of drug-likeness (QED) is 0.817. The molecule has 6 heteroatoms. The fourth-order valence-electron chi connectivity index (χ4n) is 1.72. The normalized spacial score (nSPS) is 18.8. The SMILES string of the molecule is O=C(O)Nc1ccc(C2CS(=O)(=O)C2)cc1. The van der Waals surface area contributed by atoms with Crippen LogP contribution in [0.15, 0.2) is 24.3 Å². The van der Waals surface area contributed by atoms with Crippen LogP contribution >= 0.6 is 0 Å². The maximum atomic E-state index is 11.0. The van der Waals surface area contributed by atoms with Crippen molar-refractivity contribution in [3.05, 3.63) is 29.8 Å². The summed E-state index contributed by atoms with van der Waals surface area (Å²) in [5.41, 5.74) is 1.42. The summed E-state index contributed by atoms with van der Waals surface area (Å²) in [5, 5.41) is 10.7. The minimum absolute atomic E-state index is 0.0591. The van der Waals surface area contributed by atoms with Crippen LogP contribution in [0.25, 0.3) is 0 Å². The zero-order valence-corrected chi connectivity index (χ0v) is 9.20. The van der Waals surface area contributed by atoms with E-state index in [1.165, 1.54) is 0 Å². The summed E-state index contributed by atoms with van der Waals surface area (Å²) in [6, 6.07) is 6.78. The number of anilines is 1. The van der Waals surface area contributed by atoms with Crippen molar-refractivity contribution >= 4 is 21.6 Å². The van der Waals surface area contributed by atoms with Crippen molar-refractivity contribution in [2.75, 3.05) is 16.8 Å². The lowest BCUT2D eigenvalue weighted by Crippen LogP contribution is -2.34. The van der Waals surface area contributed by atoms with E-state index in [4.69, 9.17) is 5.11 Å². The van der Waals surface area contributed by atoms with Gasteiger partial charge in [-0.1, -0.05) is 12.1 Å². The number of hydrogen-bond donors (Lipinski definition) is 2. The monoisotopic (exact) mass is 241 g/mol. The van der Waals surface area contributed by atoms with Crippen molar-refractivity contribution in [2.45, 2.75) is 5.92 Å². The summed E-state index contributed by atoms with van der Waals surface area (Å²) in [7, 11) is -2.82. The molecule has 0 aliphatic carbocycles. The first-order chi connectivity index (χ1) is 7.46. The van der Waals surface area contributed by atoms with E-state index >= 15 is 0 Å². The van der Waals surface area contributed by atoms with Crippen molar-refractivity contribution < 1.29 is 18.3 Å². The Labute approximate surface area is 93.0 Å². The van der Waals surface area contributed by atoms with Gasteiger partial charge in [0, 0.05) is 11.6 Å². The van der Waals surface area contributed by atoms with E-state index in [-0.39, 0.29) is 17.4 Å². The minimum Gasteiger partial charge on any atom is -0.465 e. The van der Waals surface area contributed by atoms with E-state index in [1.54, 1.807) is 24.3 Å². The van der Waals surface area contributed by atoms with Crippen LogP contribution in [-0.2, 0) is 9.84 Å². The molecule has 2 N–H and O–H groups in total. The van der Waals surface area contributed by atoms with Crippen molar-refractivity contribution in [1.29, 1.82) is 0 Å². The van der Waals surface area contributed by atoms with Gasteiger partial charge < -0.3 is 5.11 Å². The van der Waals surface area contributed by atoms with Gasteiger partial charge in [-0.05, 0) is 17.7 Å². The highest BCUT2D eigenvalue weighted by Gasteiger charge is 2.34. The number of sulfone groups is 1. The molecular formula is C10H11NO4S. The van der Waals surface area contributed by atoms with Gasteiger partial charge in [0.05, 0.1) is 11.5 Å². The molecule has 0 spiro atoms. The predicted octanol–water partition coefficient (Wildman–Crippen LogP) is 1.29. The molecule has 2 rings (SSSR count). The van der Waals surface area contributed by atoms with Crippen LogP contribution in [0.3, 0.4) is 0 Å². The maximum Gasteiger partial charge on any atom is 0.409 e. The Kier molecular flexibility index (Phi) is 2.59. The van der Waals surface area contributed by atoms with Crippen molar-refractivity contribution in [3.8, 4) is 0 Å². The maximum absolute atomic E-state index is 11.0. The Bertz CT molecular complexity index is 494. The van der Waals surface area contributed by atoms with Gasteiger partial charge in [0.15, 0.2) is 9.84 Å². The van der Waals surface area contributed by atoms with Crippen LogP contribution in [-0.4, -0.2) is 31.1 Å². The molecule has 5 nitrogen and oxygen atoms in total. The van der Waals surface area contributed by atoms with Crippen LogP contribution < -0.4 is 5.32 Å². The zero-order chi connectivity index (χ0) is 11.8. The molecule has 1 aromatic rings. The molecule has 1 heterocycles. The number of carboxylic acid groups (broad SMARTS) is 1. The topological polar surface area (TPSA) is 83.5 Å². The summed E-state index contributed by atoms with van der Waals surface area (Å²) in [5.74, 6) is 0.445. The van der Waals surface area contributed by atoms with E-state index in [1.807, 2.05) is 0 Å². The number of rotatable bonds is 2. The first-order valence-electron chi connectivity index (χ1n) is 4.76. The van der Waals surface area contributed by atoms with Crippen molar-refractivity contribution in [2.24, 2.45) is 0 Å². The van der Waals surface area contributed by atoms with Crippen LogP contribution in [0, 0.1) is 0 Å². The molecule has 0 saturated carbocycles. The summed E-state index contributed by atoms with van der Waals surface area (Å²) in [4.78, 5) is 10.3. The van der Waals surface area contributed by atoms with Gasteiger partial charge in [-0.3, -0.25) is 5.32 Å². The number of carbonyl (C=O) groups is 1. The molecule has 1 aliphatic rings. The largest absolute Gasteiger partial charge is 0.465 e. The molecule has 0 atom stereocenters. The third-order valence-electron chi connectivity index (χ3n) is 2.54. The molecule has 0 unspecified atom stereocenters. The zero-order valence-electron chi connectivity index (χ0n) is 8.38. The molecule has 1 saturated heterocycles. The second-order valence-electron chi connectivity index (χ2n) is 3.83. The Hall–Kier alpha value is -1.56.